The minimum absolute atomic E-state index is 0.0763. The second-order valence-electron chi connectivity index (χ2n) is 8.27. The maximum Gasteiger partial charge on any atom is 0.319 e. The van der Waals surface area contributed by atoms with Crippen molar-refractivity contribution >= 4 is 28.3 Å². The first-order valence-corrected chi connectivity index (χ1v) is 10.8. The van der Waals surface area contributed by atoms with Crippen LogP contribution < -0.4 is 9.64 Å². The number of nitrogens with zero attached hydrogens (tertiary/aromatic N) is 5. The zero-order valence-electron chi connectivity index (χ0n) is 16.6. The van der Waals surface area contributed by atoms with Crippen LogP contribution in [-0.2, 0) is 4.74 Å². The van der Waals surface area contributed by atoms with E-state index in [4.69, 9.17) is 21.1 Å². The Labute approximate surface area is 178 Å². The Kier molecular flexibility index (Phi) is 5.37. The van der Waals surface area contributed by atoms with Gasteiger partial charge in [0.15, 0.2) is 11.0 Å². The molecule has 0 aromatic carbocycles. The fourth-order valence-corrected chi connectivity index (χ4v) is 5.05. The third-order valence-electron chi connectivity index (χ3n) is 6.35. The summed E-state index contributed by atoms with van der Waals surface area (Å²) < 4.78 is 40.3. The van der Waals surface area contributed by atoms with Gasteiger partial charge in [-0.25, -0.2) is 13.8 Å². The molecular formula is C20H24ClF2N5O2. The van der Waals surface area contributed by atoms with Crippen molar-refractivity contribution in [2.24, 2.45) is 0 Å². The molecule has 5 rings (SSSR count). The molecule has 2 aromatic heterocycles. The summed E-state index contributed by atoms with van der Waals surface area (Å²) in [5.74, 6) is -0.141. The van der Waals surface area contributed by atoms with Gasteiger partial charge in [0.1, 0.15) is 24.1 Å². The highest BCUT2D eigenvalue weighted by molar-refractivity contribution is 6.30. The van der Waals surface area contributed by atoms with E-state index >= 15 is 0 Å². The fourth-order valence-electron chi connectivity index (χ4n) is 4.91. The number of anilines is 1. The van der Waals surface area contributed by atoms with Gasteiger partial charge in [0.2, 0.25) is 0 Å². The molecule has 5 heterocycles. The molecule has 0 amide bonds. The monoisotopic (exact) mass is 439 g/mol. The topological polar surface area (TPSA) is 63.6 Å². The molecule has 0 radical (unpaired) electrons. The van der Waals surface area contributed by atoms with Gasteiger partial charge in [0.05, 0.1) is 17.5 Å². The van der Waals surface area contributed by atoms with Crippen LogP contribution in [0.25, 0.3) is 10.9 Å². The molecule has 3 aliphatic heterocycles. The molecule has 162 valence electrons. The van der Waals surface area contributed by atoms with E-state index in [0.717, 1.165) is 32.4 Å². The largest absolute Gasteiger partial charge is 0.461 e. The zero-order valence-corrected chi connectivity index (χ0v) is 17.4. The highest BCUT2D eigenvalue weighted by Gasteiger charge is 2.49. The van der Waals surface area contributed by atoms with Crippen molar-refractivity contribution in [2.45, 2.75) is 37.4 Å². The van der Waals surface area contributed by atoms with Crippen molar-refractivity contribution in [3.05, 3.63) is 17.2 Å². The Morgan fingerprint density at radius 3 is 3.03 bits per heavy atom. The lowest BCUT2D eigenvalue weighted by Gasteiger charge is -2.31. The normalized spacial score (nSPS) is 27.4. The molecule has 3 aliphatic rings. The van der Waals surface area contributed by atoms with E-state index in [1.54, 1.807) is 0 Å². The predicted molar refractivity (Wildman–Crippen MR) is 108 cm³/mol. The Morgan fingerprint density at radius 1 is 1.23 bits per heavy atom. The fraction of sp³-hybridized carbons (Fsp3) is 0.650. The highest BCUT2D eigenvalue weighted by atomic mass is 35.5. The highest BCUT2D eigenvalue weighted by Crippen LogP contribution is 2.40. The van der Waals surface area contributed by atoms with Gasteiger partial charge in [-0.15, -0.1) is 0 Å². The minimum Gasteiger partial charge on any atom is -0.461 e. The van der Waals surface area contributed by atoms with Gasteiger partial charge in [0.25, 0.3) is 0 Å². The molecule has 7 nitrogen and oxygen atoms in total. The Hall–Kier alpha value is -1.84. The van der Waals surface area contributed by atoms with E-state index in [9.17, 15) is 8.78 Å². The van der Waals surface area contributed by atoms with Crippen LogP contribution in [-0.4, -0.2) is 77.6 Å². The van der Waals surface area contributed by atoms with Crippen molar-refractivity contribution in [3.8, 4) is 6.01 Å². The molecule has 0 bridgehead atoms. The molecule has 2 atom stereocenters. The molecule has 0 spiro atoms. The van der Waals surface area contributed by atoms with Gasteiger partial charge >= 0.3 is 6.01 Å². The molecular weight excluding hydrogens is 416 g/mol. The average molecular weight is 440 g/mol. The number of hydrogen-bond donors (Lipinski definition) is 0. The average Bonchev–Trinajstić information content (AvgIpc) is 3.11. The standard InChI is InChI=1S/C20H24ClF2N5O2/c21-17-15(23)16-14(10-24-17)18(27-4-2-7-29-8-6-27)26-19(25-16)30-12-20-3-1-5-28(20)11-13(22)9-20/h10,13H,1-9,11-12H2/t13-,20+/m1/s1. The van der Waals surface area contributed by atoms with Crippen molar-refractivity contribution in [1.29, 1.82) is 0 Å². The molecule has 0 aliphatic carbocycles. The lowest BCUT2D eigenvalue weighted by Crippen LogP contribution is -2.43. The summed E-state index contributed by atoms with van der Waals surface area (Å²) in [5.41, 5.74) is -0.251. The van der Waals surface area contributed by atoms with Gasteiger partial charge in [-0.2, -0.15) is 9.97 Å². The zero-order chi connectivity index (χ0) is 20.7. The molecule has 30 heavy (non-hydrogen) atoms. The van der Waals surface area contributed by atoms with Crippen LogP contribution in [0.15, 0.2) is 6.20 Å². The first kappa shape index (κ1) is 20.1. The van der Waals surface area contributed by atoms with E-state index in [-0.39, 0.29) is 28.8 Å². The molecule has 10 heteroatoms. The van der Waals surface area contributed by atoms with Crippen LogP contribution in [0, 0.1) is 5.82 Å². The van der Waals surface area contributed by atoms with Crippen LogP contribution in [0.5, 0.6) is 6.01 Å². The summed E-state index contributed by atoms with van der Waals surface area (Å²) in [6, 6.07) is 0.0763. The lowest BCUT2D eigenvalue weighted by atomic mass is 9.95. The smallest absolute Gasteiger partial charge is 0.319 e. The van der Waals surface area contributed by atoms with E-state index in [2.05, 4.69) is 19.9 Å². The summed E-state index contributed by atoms with van der Waals surface area (Å²) in [4.78, 5) is 17.0. The summed E-state index contributed by atoms with van der Waals surface area (Å²) in [7, 11) is 0. The van der Waals surface area contributed by atoms with Crippen LogP contribution in [0.3, 0.4) is 0 Å². The second-order valence-corrected chi connectivity index (χ2v) is 8.63. The van der Waals surface area contributed by atoms with Crippen molar-refractivity contribution < 1.29 is 18.3 Å². The quantitative estimate of drug-likeness (QED) is 0.678. The molecule has 2 aromatic rings. The third kappa shape index (κ3) is 3.56. The maximum atomic E-state index is 14.8. The number of halogens is 3. The van der Waals surface area contributed by atoms with E-state index in [1.807, 2.05) is 4.90 Å². The molecule has 3 fully saturated rings. The molecule has 3 saturated heterocycles. The summed E-state index contributed by atoms with van der Waals surface area (Å²) in [5, 5.41) is 0.241. The summed E-state index contributed by atoms with van der Waals surface area (Å²) in [6.45, 7) is 4.16. The molecule has 0 unspecified atom stereocenters. The molecule has 0 saturated carbocycles. The predicted octanol–water partition coefficient (Wildman–Crippen LogP) is 3.00. The Balaban J connectivity index is 1.49. The number of hydrogen-bond acceptors (Lipinski definition) is 7. The second kappa shape index (κ2) is 8.01. The minimum atomic E-state index is -0.846. The van der Waals surface area contributed by atoms with Crippen LogP contribution >= 0.6 is 11.6 Å². The number of ether oxygens (including phenoxy) is 2. The number of alkyl halides is 1. The van der Waals surface area contributed by atoms with Crippen molar-refractivity contribution in [3.63, 3.8) is 0 Å². The first-order valence-electron chi connectivity index (χ1n) is 10.4. The number of pyridine rings is 1. The number of fused-ring (bicyclic) bond motifs is 2. The van der Waals surface area contributed by atoms with Gasteiger partial charge in [-0.1, -0.05) is 11.6 Å². The third-order valence-corrected chi connectivity index (χ3v) is 6.62. The Bertz CT molecular complexity index is 943. The summed E-state index contributed by atoms with van der Waals surface area (Å²) >= 11 is 5.90. The Morgan fingerprint density at radius 2 is 2.13 bits per heavy atom. The first-order chi connectivity index (χ1) is 14.6. The molecule has 0 N–H and O–H groups in total. The lowest BCUT2D eigenvalue weighted by molar-refractivity contribution is 0.107. The summed E-state index contributed by atoms with van der Waals surface area (Å²) in [6.07, 6.45) is 3.82. The maximum absolute atomic E-state index is 14.8. The van der Waals surface area contributed by atoms with E-state index in [1.165, 1.54) is 6.20 Å². The van der Waals surface area contributed by atoms with Crippen molar-refractivity contribution in [1.82, 2.24) is 19.9 Å². The number of aromatic nitrogens is 3. The van der Waals surface area contributed by atoms with Gasteiger partial charge in [-0.3, -0.25) is 4.90 Å². The van der Waals surface area contributed by atoms with Gasteiger partial charge in [-0.05, 0) is 25.8 Å². The number of rotatable bonds is 4. The van der Waals surface area contributed by atoms with E-state index < -0.39 is 12.0 Å². The van der Waals surface area contributed by atoms with Gasteiger partial charge < -0.3 is 14.4 Å². The SMILES string of the molecule is Fc1c(Cl)ncc2c(N3CCCOCC3)nc(OC[C@@]34CCCN3C[C@H](F)C4)nc12. The van der Waals surface area contributed by atoms with Crippen LogP contribution in [0.1, 0.15) is 25.7 Å². The van der Waals surface area contributed by atoms with E-state index in [0.29, 0.717) is 43.9 Å². The van der Waals surface area contributed by atoms with Crippen LogP contribution in [0.4, 0.5) is 14.6 Å². The van der Waals surface area contributed by atoms with Crippen LogP contribution in [0.2, 0.25) is 5.15 Å². The van der Waals surface area contributed by atoms with Gasteiger partial charge in [0, 0.05) is 38.9 Å². The van der Waals surface area contributed by atoms with Crippen molar-refractivity contribution in [2.75, 3.05) is 50.9 Å².